The highest BCUT2D eigenvalue weighted by Crippen LogP contribution is 2.29. The van der Waals surface area contributed by atoms with Crippen LogP contribution in [0, 0.1) is 0 Å². The largest absolute Gasteiger partial charge is 0.493 e. The van der Waals surface area contributed by atoms with Crippen LogP contribution in [0.4, 0.5) is 0 Å². The smallest absolute Gasteiger partial charge is 0.161 e. The van der Waals surface area contributed by atoms with E-state index < -0.39 is 0 Å². The third-order valence-corrected chi connectivity index (χ3v) is 3.50. The minimum atomic E-state index is 0.441. The summed E-state index contributed by atoms with van der Waals surface area (Å²) < 4.78 is 11.2. The summed E-state index contributed by atoms with van der Waals surface area (Å²) in [6, 6.07) is 12.6. The molecule has 0 bridgehead atoms. The van der Waals surface area contributed by atoms with Gasteiger partial charge >= 0.3 is 0 Å². The molecule has 0 amide bonds. The van der Waals surface area contributed by atoms with Gasteiger partial charge in [0.25, 0.3) is 0 Å². The lowest BCUT2D eigenvalue weighted by Crippen LogP contribution is -2.15. The summed E-state index contributed by atoms with van der Waals surface area (Å²) >= 11 is 0. The van der Waals surface area contributed by atoms with Gasteiger partial charge in [0.15, 0.2) is 11.5 Å². The molecule has 0 spiro atoms. The standard InChI is InChI=1S/C17H20N2O2/c1-20-17-10-13(11-19-14-6-7-14)5-8-16(17)21-12-15-4-2-3-9-18-15/h2-5,8-10,14,19H,6-7,11-12H2,1H3. The molecule has 1 aliphatic rings. The van der Waals surface area contributed by atoms with Crippen molar-refractivity contribution >= 4 is 0 Å². The Balaban J connectivity index is 1.63. The minimum Gasteiger partial charge on any atom is -0.493 e. The number of rotatable bonds is 7. The number of methoxy groups -OCH3 is 1. The van der Waals surface area contributed by atoms with Crippen molar-refractivity contribution in [3.8, 4) is 11.5 Å². The van der Waals surface area contributed by atoms with Crippen molar-refractivity contribution in [1.29, 1.82) is 0 Å². The Morgan fingerprint density at radius 3 is 2.81 bits per heavy atom. The van der Waals surface area contributed by atoms with Crippen molar-refractivity contribution < 1.29 is 9.47 Å². The van der Waals surface area contributed by atoms with Crippen LogP contribution in [-0.4, -0.2) is 18.1 Å². The van der Waals surface area contributed by atoms with Crippen molar-refractivity contribution in [2.75, 3.05) is 7.11 Å². The van der Waals surface area contributed by atoms with Crippen molar-refractivity contribution in [3.05, 3.63) is 53.9 Å². The Morgan fingerprint density at radius 1 is 1.19 bits per heavy atom. The molecule has 110 valence electrons. The summed E-state index contributed by atoms with van der Waals surface area (Å²) in [5.41, 5.74) is 2.11. The maximum Gasteiger partial charge on any atom is 0.161 e. The maximum absolute atomic E-state index is 5.80. The Labute approximate surface area is 125 Å². The van der Waals surface area contributed by atoms with Crippen LogP contribution >= 0.6 is 0 Å². The number of benzene rings is 1. The predicted octanol–water partition coefficient (Wildman–Crippen LogP) is 2.92. The van der Waals surface area contributed by atoms with Crippen molar-refractivity contribution in [2.24, 2.45) is 0 Å². The molecule has 4 heteroatoms. The summed E-state index contributed by atoms with van der Waals surface area (Å²) in [5.74, 6) is 1.51. The van der Waals surface area contributed by atoms with E-state index in [0.29, 0.717) is 12.6 Å². The van der Waals surface area contributed by atoms with E-state index in [1.807, 2.05) is 30.3 Å². The second-order valence-corrected chi connectivity index (χ2v) is 5.25. The molecule has 21 heavy (non-hydrogen) atoms. The zero-order chi connectivity index (χ0) is 14.5. The van der Waals surface area contributed by atoms with Crippen LogP contribution < -0.4 is 14.8 Å². The molecule has 4 nitrogen and oxygen atoms in total. The summed E-state index contributed by atoms with van der Waals surface area (Å²) in [4.78, 5) is 4.25. The lowest BCUT2D eigenvalue weighted by molar-refractivity contribution is 0.280. The predicted molar refractivity (Wildman–Crippen MR) is 81.4 cm³/mol. The normalized spacial score (nSPS) is 14.0. The van der Waals surface area contributed by atoms with Gasteiger partial charge in [-0.25, -0.2) is 0 Å². The highest BCUT2D eigenvalue weighted by Gasteiger charge is 2.20. The highest BCUT2D eigenvalue weighted by atomic mass is 16.5. The molecule has 1 aliphatic carbocycles. The third-order valence-electron chi connectivity index (χ3n) is 3.50. The van der Waals surface area contributed by atoms with Crippen molar-refractivity contribution in [1.82, 2.24) is 10.3 Å². The molecule has 0 atom stereocenters. The maximum atomic E-state index is 5.80. The van der Waals surface area contributed by atoms with Gasteiger partial charge in [0.05, 0.1) is 12.8 Å². The fraction of sp³-hybridized carbons (Fsp3) is 0.353. The topological polar surface area (TPSA) is 43.4 Å². The van der Waals surface area contributed by atoms with Gasteiger partial charge in [-0.1, -0.05) is 12.1 Å². The number of nitrogens with one attached hydrogen (secondary N) is 1. The summed E-state index contributed by atoms with van der Waals surface area (Å²) in [7, 11) is 1.67. The Kier molecular flexibility index (Phi) is 4.36. The molecular formula is C17H20N2O2. The van der Waals surface area contributed by atoms with Gasteiger partial charge in [-0.2, -0.15) is 0 Å². The molecule has 0 radical (unpaired) electrons. The quantitative estimate of drug-likeness (QED) is 0.849. The molecule has 1 aromatic heterocycles. The second-order valence-electron chi connectivity index (χ2n) is 5.25. The molecular weight excluding hydrogens is 264 g/mol. The fourth-order valence-corrected chi connectivity index (χ4v) is 2.13. The van der Waals surface area contributed by atoms with Crippen LogP contribution in [0.5, 0.6) is 11.5 Å². The Morgan fingerprint density at radius 2 is 2.10 bits per heavy atom. The molecule has 0 saturated heterocycles. The molecule has 0 unspecified atom stereocenters. The second kappa shape index (κ2) is 6.59. The number of ether oxygens (including phenoxy) is 2. The number of aromatic nitrogens is 1. The van der Waals surface area contributed by atoms with E-state index in [2.05, 4.69) is 16.4 Å². The van der Waals surface area contributed by atoms with E-state index in [9.17, 15) is 0 Å². The third kappa shape index (κ3) is 3.95. The van der Waals surface area contributed by atoms with E-state index in [1.165, 1.54) is 18.4 Å². The first-order valence-electron chi connectivity index (χ1n) is 7.28. The average Bonchev–Trinajstić information content (AvgIpc) is 3.36. The Bertz CT molecular complexity index is 583. The lowest BCUT2D eigenvalue weighted by atomic mass is 10.2. The lowest BCUT2D eigenvalue weighted by Gasteiger charge is -2.12. The molecule has 0 aliphatic heterocycles. The van der Waals surface area contributed by atoms with Gasteiger partial charge in [-0.05, 0) is 42.7 Å². The van der Waals surface area contributed by atoms with Crippen LogP contribution in [0.3, 0.4) is 0 Å². The number of hydrogen-bond acceptors (Lipinski definition) is 4. The molecule has 1 saturated carbocycles. The first-order valence-corrected chi connectivity index (χ1v) is 7.28. The molecule has 1 fully saturated rings. The molecule has 2 aromatic rings. The number of pyridine rings is 1. The van der Waals surface area contributed by atoms with Gasteiger partial charge in [0.1, 0.15) is 6.61 Å². The van der Waals surface area contributed by atoms with E-state index in [4.69, 9.17) is 9.47 Å². The zero-order valence-electron chi connectivity index (χ0n) is 12.2. The van der Waals surface area contributed by atoms with E-state index in [0.717, 1.165) is 23.7 Å². The summed E-state index contributed by atoms with van der Waals surface area (Å²) in [5, 5.41) is 3.50. The molecule has 1 N–H and O–H groups in total. The van der Waals surface area contributed by atoms with Crippen LogP contribution in [0.15, 0.2) is 42.6 Å². The van der Waals surface area contributed by atoms with Crippen molar-refractivity contribution in [3.63, 3.8) is 0 Å². The molecule has 1 heterocycles. The van der Waals surface area contributed by atoms with Crippen LogP contribution in [0.1, 0.15) is 24.1 Å². The van der Waals surface area contributed by atoms with Gasteiger partial charge in [0.2, 0.25) is 0 Å². The van der Waals surface area contributed by atoms with E-state index >= 15 is 0 Å². The summed E-state index contributed by atoms with van der Waals surface area (Å²) in [6.07, 6.45) is 4.35. The van der Waals surface area contributed by atoms with Gasteiger partial charge in [0, 0.05) is 18.8 Å². The fourth-order valence-electron chi connectivity index (χ4n) is 2.13. The van der Waals surface area contributed by atoms with Crippen LogP contribution in [0.25, 0.3) is 0 Å². The minimum absolute atomic E-state index is 0.441. The van der Waals surface area contributed by atoms with Gasteiger partial charge < -0.3 is 14.8 Å². The van der Waals surface area contributed by atoms with Crippen LogP contribution in [-0.2, 0) is 13.2 Å². The number of nitrogens with zero attached hydrogens (tertiary/aromatic N) is 1. The van der Waals surface area contributed by atoms with E-state index in [-0.39, 0.29) is 0 Å². The van der Waals surface area contributed by atoms with Crippen molar-refractivity contribution in [2.45, 2.75) is 32.0 Å². The van der Waals surface area contributed by atoms with Gasteiger partial charge in [-0.15, -0.1) is 0 Å². The van der Waals surface area contributed by atoms with Crippen LogP contribution in [0.2, 0.25) is 0 Å². The molecule has 1 aromatic carbocycles. The summed E-state index contributed by atoms with van der Waals surface area (Å²) in [6.45, 7) is 1.32. The highest BCUT2D eigenvalue weighted by molar-refractivity contribution is 5.43. The monoisotopic (exact) mass is 284 g/mol. The molecule has 3 rings (SSSR count). The number of hydrogen-bond donors (Lipinski definition) is 1. The average molecular weight is 284 g/mol. The first-order chi connectivity index (χ1) is 10.3. The van der Waals surface area contributed by atoms with Gasteiger partial charge in [-0.3, -0.25) is 4.98 Å². The zero-order valence-corrected chi connectivity index (χ0v) is 12.2. The Hall–Kier alpha value is -2.07. The SMILES string of the molecule is COc1cc(CNC2CC2)ccc1OCc1ccccn1. The first kappa shape index (κ1) is 13.9. The van der Waals surface area contributed by atoms with E-state index in [1.54, 1.807) is 13.3 Å².